The zero-order chi connectivity index (χ0) is 15.5. The summed E-state index contributed by atoms with van der Waals surface area (Å²) in [6.07, 6.45) is 2.54. The molecule has 2 aromatic heterocycles. The standard InChI is InChI=1S/C17H19N3OS/c1-3-13-14(12-6-4-11(2)5-7-12)15-16(18-8-9-21)19-10-20-17(15)22-13/h4-7,10,21H,3,8-9H2,1-2H3,(H,18,19,20). The lowest BCUT2D eigenvalue weighted by molar-refractivity contribution is 0.311. The number of aliphatic hydroxyl groups excluding tert-OH is 1. The van der Waals surface area contributed by atoms with Gasteiger partial charge >= 0.3 is 0 Å². The van der Waals surface area contributed by atoms with E-state index in [4.69, 9.17) is 5.11 Å². The normalized spacial score (nSPS) is 11.0. The molecule has 1 aromatic carbocycles. The van der Waals surface area contributed by atoms with Gasteiger partial charge in [0.05, 0.1) is 12.0 Å². The van der Waals surface area contributed by atoms with Gasteiger partial charge < -0.3 is 10.4 Å². The maximum atomic E-state index is 9.06. The number of aryl methyl sites for hydroxylation is 2. The molecule has 22 heavy (non-hydrogen) atoms. The Morgan fingerprint density at radius 1 is 1.18 bits per heavy atom. The number of nitrogens with one attached hydrogen (secondary N) is 1. The Balaban J connectivity index is 2.23. The van der Waals surface area contributed by atoms with Crippen molar-refractivity contribution in [3.05, 3.63) is 41.0 Å². The Bertz CT molecular complexity index is 780. The van der Waals surface area contributed by atoms with Crippen LogP contribution in [0.1, 0.15) is 17.4 Å². The van der Waals surface area contributed by atoms with E-state index in [1.807, 2.05) is 0 Å². The van der Waals surface area contributed by atoms with Crippen LogP contribution in [0.25, 0.3) is 21.3 Å². The summed E-state index contributed by atoms with van der Waals surface area (Å²) in [4.78, 5) is 11.1. The van der Waals surface area contributed by atoms with Gasteiger partial charge in [-0.1, -0.05) is 36.8 Å². The topological polar surface area (TPSA) is 58.0 Å². The van der Waals surface area contributed by atoms with Crippen LogP contribution in [0.15, 0.2) is 30.6 Å². The van der Waals surface area contributed by atoms with E-state index in [2.05, 4.69) is 53.4 Å². The van der Waals surface area contributed by atoms with Crippen molar-refractivity contribution in [2.24, 2.45) is 0 Å². The molecule has 0 bridgehead atoms. The summed E-state index contributed by atoms with van der Waals surface area (Å²) < 4.78 is 0. The van der Waals surface area contributed by atoms with E-state index < -0.39 is 0 Å². The van der Waals surface area contributed by atoms with Gasteiger partial charge in [-0.25, -0.2) is 9.97 Å². The van der Waals surface area contributed by atoms with Crippen LogP contribution in [0.4, 0.5) is 5.82 Å². The number of hydrogen-bond donors (Lipinski definition) is 2. The van der Waals surface area contributed by atoms with Gasteiger partial charge in [-0.2, -0.15) is 0 Å². The van der Waals surface area contributed by atoms with Crippen LogP contribution in [-0.2, 0) is 6.42 Å². The fourth-order valence-electron chi connectivity index (χ4n) is 2.56. The van der Waals surface area contributed by atoms with E-state index >= 15 is 0 Å². The molecule has 0 fully saturated rings. The summed E-state index contributed by atoms with van der Waals surface area (Å²) in [6.45, 7) is 4.82. The molecule has 0 atom stereocenters. The van der Waals surface area contributed by atoms with Crippen LogP contribution in [-0.4, -0.2) is 28.2 Å². The molecule has 5 heteroatoms. The van der Waals surface area contributed by atoms with Crippen LogP contribution >= 0.6 is 11.3 Å². The maximum Gasteiger partial charge on any atom is 0.138 e. The van der Waals surface area contributed by atoms with E-state index in [0.29, 0.717) is 6.54 Å². The number of rotatable bonds is 5. The molecule has 3 rings (SSSR count). The summed E-state index contributed by atoms with van der Waals surface area (Å²) in [6, 6.07) is 8.56. The molecule has 0 aliphatic carbocycles. The van der Waals surface area contributed by atoms with Crippen molar-refractivity contribution in [2.45, 2.75) is 20.3 Å². The number of aromatic nitrogens is 2. The van der Waals surface area contributed by atoms with Gasteiger partial charge in [-0.15, -0.1) is 11.3 Å². The summed E-state index contributed by atoms with van der Waals surface area (Å²) in [7, 11) is 0. The minimum absolute atomic E-state index is 0.0795. The first-order valence-electron chi connectivity index (χ1n) is 7.42. The SMILES string of the molecule is CCc1sc2ncnc(NCCO)c2c1-c1ccc(C)cc1. The summed E-state index contributed by atoms with van der Waals surface area (Å²) in [5, 5.41) is 13.3. The van der Waals surface area contributed by atoms with Crippen molar-refractivity contribution < 1.29 is 5.11 Å². The monoisotopic (exact) mass is 313 g/mol. The van der Waals surface area contributed by atoms with E-state index in [9.17, 15) is 0 Å². The Morgan fingerprint density at radius 3 is 2.64 bits per heavy atom. The molecule has 0 saturated carbocycles. The van der Waals surface area contributed by atoms with Gasteiger partial charge in [0.25, 0.3) is 0 Å². The molecule has 3 aromatic rings. The quantitative estimate of drug-likeness (QED) is 0.755. The molecule has 0 unspecified atom stereocenters. The highest BCUT2D eigenvalue weighted by molar-refractivity contribution is 7.19. The highest BCUT2D eigenvalue weighted by Gasteiger charge is 2.17. The van der Waals surface area contributed by atoms with Gasteiger partial charge in [0.15, 0.2) is 0 Å². The van der Waals surface area contributed by atoms with Crippen molar-refractivity contribution in [2.75, 3.05) is 18.5 Å². The molecule has 114 valence electrons. The molecule has 4 nitrogen and oxygen atoms in total. The maximum absolute atomic E-state index is 9.06. The largest absolute Gasteiger partial charge is 0.395 e. The highest BCUT2D eigenvalue weighted by Crippen LogP contribution is 2.41. The third kappa shape index (κ3) is 2.69. The van der Waals surface area contributed by atoms with E-state index in [1.165, 1.54) is 21.6 Å². The van der Waals surface area contributed by atoms with Crippen LogP contribution in [0.2, 0.25) is 0 Å². The predicted octanol–water partition coefficient (Wildman–Crippen LogP) is 3.63. The van der Waals surface area contributed by atoms with Crippen molar-refractivity contribution in [1.29, 1.82) is 0 Å². The predicted molar refractivity (Wildman–Crippen MR) is 92.5 cm³/mol. The van der Waals surface area contributed by atoms with Crippen molar-refractivity contribution in [1.82, 2.24) is 9.97 Å². The van der Waals surface area contributed by atoms with Gasteiger partial charge in [-0.05, 0) is 18.9 Å². The molecule has 2 heterocycles. The molecular formula is C17H19N3OS. The molecule has 0 spiro atoms. The third-order valence-corrected chi connectivity index (χ3v) is 4.87. The van der Waals surface area contributed by atoms with E-state index in [1.54, 1.807) is 17.7 Å². The molecule has 0 aliphatic heterocycles. The van der Waals surface area contributed by atoms with Crippen LogP contribution in [0.3, 0.4) is 0 Å². The number of nitrogens with zero attached hydrogens (tertiary/aromatic N) is 2. The minimum atomic E-state index is 0.0795. The van der Waals surface area contributed by atoms with Gasteiger partial charge in [0.2, 0.25) is 0 Å². The molecule has 0 aliphatic rings. The average molecular weight is 313 g/mol. The van der Waals surface area contributed by atoms with Crippen LogP contribution < -0.4 is 5.32 Å². The fourth-order valence-corrected chi connectivity index (χ4v) is 3.66. The Hall–Kier alpha value is -1.98. The first-order chi connectivity index (χ1) is 10.7. The van der Waals surface area contributed by atoms with E-state index in [-0.39, 0.29) is 6.61 Å². The van der Waals surface area contributed by atoms with Crippen LogP contribution in [0, 0.1) is 6.92 Å². The Labute approximate surface area is 133 Å². The summed E-state index contributed by atoms with van der Waals surface area (Å²) in [5.74, 6) is 0.797. The number of fused-ring (bicyclic) bond motifs is 1. The molecule has 0 radical (unpaired) electrons. The lowest BCUT2D eigenvalue weighted by atomic mass is 10.0. The molecule has 2 N–H and O–H groups in total. The highest BCUT2D eigenvalue weighted by atomic mass is 32.1. The second-order valence-corrected chi connectivity index (χ2v) is 6.26. The number of hydrogen-bond acceptors (Lipinski definition) is 5. The zero-order valence-corrected chi connectivity index (χ0v) is 13.6. The Morgan fingerprint density at radius 2 is 1.95 bits per heavy atom. The first-order valence-corrected chi connectivity index (χ1v) is 8.24. The summed E-state index contributed by atoms with van der Waals surface area (Å²) in [5.41, 5.74) is 3.65. The van der Waals surface area contributed by atoms with E-state index in [0.717, 1.165) is 22.5 Å². The molecular weight excluding hydrogens is 294 g/mol. The smallest absolute Gasteiger partial charge is 0.138 e. The van der Waals surface area contributed by atoms with Crippen molar-refractivity contribution in [3.63, 3.8) is 0 Å². The van der Waals surface area contributed by atoms with Crippen molar-refractivity contribution >= 4 is 27.4 Å². The minimum Gasteiger partial charge on any atom is -0.395 e. The third-order valence-electron chi connectivity index (χ3n) is 3.63. The second-order valence-electron chi connectivity index (χ2n) is 5.17. The second kappa shape index (κ2) is 6.42. The van der Waals surface area contributed by atoms with Gasteiger partial charge in [-0.3, -0.25) is 0 Å². The number of benzene rings is 1. The van der Waals surface area contributed by atoms with Gasteiger partial charge in [0, 0.05) is 17.0 Å². The van der Waals surface area contributed by atoms with Gasteiger partial charge in [0.1, 0.15) is 17.0 Å². The number of thiophene rings is 1. The lowest BCUT2D eigenvalue weighted by Crippen LogP contribution is -2.07. The average Bonchev–Trinajstić information content (AvgIpc) is 2.93. The first kappa shape index (κ1) is 14.9. The fraction of sp³-hybridized carbons (Fsp3) is 0.294. The Kier molecular flexibility index (Phi) is 4.36. The van der Waals surface area contributed by atoms with Crippen LogP contribution in [0.5, 0.6) is 0 Å². The summed E-state index contributed by atoms with van der Waals surface area (Å²) >= 11 is 1.72. The van der Waals surface area contributed by atoms with Crippen molar-refractivity contribution in [3.8, 4) is 11.1 Å². The molecule has 0 saturated heterocycles. The number of anilines is 1. The zero-order valence-electron chi connectivity index (χ0n) is 12.8. The lowest BCUT2D eigenvalue weighted by Gasteiger charge is -2.08. The number of aliphatic hydroxyl groups is 1. The molecule has 0 amide bonds.